The van der Waals surface area contributed by atoms with Gasteiger partial charge in [-0.3, -0.25) is 0 Å². The lowest BCUT2D eigenvalue weighted by Crippen LogP contribution is -2.14. The molecule has 0 spiro atoms. The Morgan fingerprint density at radius 2 is 0.382 bits per heavy atom. The molecule has 1 aliphatic rings. The predicted molar refractivity (Wildman–Crippen MR) is 530 cm³/mol. The quantitative estimate of drug-likeness (QED) is 0.105. The molecule has 25 rings (SSSR count). The topological polar surface area (TPSA) is 0 Å². The highest BCUT2D eigenvalue weighted by molar-refractivity contribution is 6.28. The average molecular weight is 1560 g/mol. The van der Waals surface area contributed by atoms with Crippen LogP contribution in [-0.4, -0.2) is 0 Å². The molecular weight excluding hydrogens is 1480 g/mol. The van der Waals surface area contributed by atoms with Gasteiger partial charge in [-0.25, -0.2) is 0 Å². The zero-order valence-electron chi connectivity index (χ0n) is 68.4. The highest BCUT2D eigenvalue weighted by atomic mass is 14.4. The summed E-state index contributed by atoms with van der Waals surface area (Å²) in [6, 6.07) is 169. The summed E-state index contributed by atoms with van der Waals surface area (Å²) in [4.78, 5) is 0. The third-order valence-electron chi connectivity index (χ3n) is 26.4. The van der Waals surface area contributed by atoms with Crippen LogP contribution in [0.2, 0.25) is 0 Å². The first-order valence-electron chi connectivity index (χ1n) is 42.9. The molecule has 0 saturated carbocycles. The van der Waals surface area contributed by atoms with Gasteiger partial charge in [0, 0.05) is 5.41 Å². The maximum Gasteiger partial charge on any atom is 0.0159 e. The SMILES string of the molecule is CC1(C)c2ccccc2-c2ccc(-c3ccc(-c4c5ccccc5c(-c5cccc6ccccc56)c5ccccc45)cc3)cc21.c1cc(-c2c3ccccc3c(-c3cccc4ccccc34)c3ccccc23)cc(-c2cccc3c2ccc2ccccc23)c1.c1ccc2c(-c3c4ccccc4c(-c4cccc5ccccc45)c4ccccc34)cccc2c1. The molecule has 0 unspecified atom stereocenters. The predicted octanol–water partition coefficient (Wildman–Crippen LogP) is 34.5. The van der Waals surface area contributed by atoms with Gasteiger partial charge < -0.3 is 0 Å². The maximum atomic E-state index is 2.41. The van der Waals surface area contributed by atoms with Crippen molar-refractivity contribution in [1.29, 1.82) is 0 Å². The molecule has 24 aromatic rings. The summed E-state index contributed by atoms with van der Waals surface area (Å²) >= 11 is 0. The summed E-state index contributed by atoms with van der Waals surface area (Å²) in [5, 5.41) is 30.8. The van der Waals surface area contributed by atoms with E-state index in [4.69, 9.17) is 0 Å². The molecule has 0 heteroatoms. The van der Waals surface area contributed by atoms with Crippen molar-refractivity contribution in [2.24, 2.45) is 0 Å². The van der Waals surface area contributed by atoms with Crippen molar-refractivity contribution in [3.8, 4) is 100 Å². The Balaban J connectivity index is 0.000000108. The van der Waals surface area contributed by atoms with Crippen LogP contribution in [0.3, 0.4) is 0 Å². The maximum absolute atomic E-state index is 2.41. The Labute approximate surface area is 715 Å². The van der Waals surface area contributed by atoms with E-state index in [1.54, 1.807) is 0 Å². The van der Waals surface area contributed by atoms with Gasteiger partial charge in [-0.1, -0.05) is 463 Å². The second kappa shape index (κ2) is 30.0. The fraction of sp³-hybridized carbons (Fsp3) is 0.0244. The van der Waals surface area contributed by atoms with Crippen LogP contribution in [0.1, 0.15) is 25.0 Å². The molecule has 0 N–H and O–H groups in total. The van der Waals surface area contributed by atoms with Crippen LogP contribution in [0.25, 0.3) is 229 Å². The molecule has 0 radical (unpaired) electrons. The molecule has 574 valence electrons. The summed E-state index contributed by atoms with van der Waals surface area (Å²) in [6.07, 6.45) is 0. The number of hydrogen-bond acceptors (Lipinski definition) is 0. The lowest BCUT2D eigenvalue weighted by Gasteiger charge is -2.22. The van der Waals surface area contributed by atoms with Crippen LogP contribution in [0.15, 0.2) is 461 Å². The van der Waals surface area contributed by atoms with Crippen LogP contribution in [-0.2, 0) is 5.41 Å². The molecule has 0 saturated heterocycles. The zero-order valence-corrected chi connectivity index (χ0v) is 68.4. The standard InChI is InChI=1S/C45H32.C44H28.C34H22/c1-45(2)41-21-10-9-15-34(41)35-27-26-32(28-42(35)45)29-22-24-31(25-23-29)43-37-16-5-7-18-39(37)44(40-19-8-6-17-38(40)43)36-20-11-13-30-12-3-4-14-33(30)36;1-4-18-34-29(12-1)14-10-25-38(34)44-41-21-7-5-19-39(41)43(40-20-6-8-22-42(40)44)32-16-9-15-31(28-32)35-23-11-24-36-33-17-3-2-13-30(33)26-27-37(35)36;1-3-15-25-23(11-1)13-9-21-27(25)33-29-17-5-7-19-31(29)34(32-20-8-6-18-30(32)33)28-22-10-14-24-12-2-4-16-26(24)28/h3-28H,1-2H3;1-28H;1-22H. The molecular formula is C123H82. The second-order valence-corrected chi connectivity index (χ2v) is 33.4. The highest BCUT2D eigenvalue weighted by Gasteiger charge is 2.35. The molecule has 0 bridgehead atoms. The Morgan fingerprint density at radius 1 is 0.122 bits per heavy atom. The third kappa shape index (κ3) is 12.2. The molecule has 1 aliphatic carbocycles. The third-order valence-corrected chi connectivity index (χ3v) is 26.4. The van der Waals surface area contributed by atoms with Crippen LogP contribution in [0.4, 0.5) is 0 Å². The minimum absolute atomic E-state index is 0.00840. The van der Waals surface area contributed by atoms with Crippen LogP contribution < -0.4 is 0 Å². The van der Waals surface area contributed by atoms with E-state index in [0.29, 0.717) is 0 Å². The summed E-state index contributed by atoms with van der Waals surface area (Å²) in [6.45, 7) is 4.70. The molecule has 0 amide bonds. The molecule has 123 heavy (non-hydrogen) atoms. The monoisotopic (exact) mass is 1560 g/mol. The summed E-state index contributed by atoms with van der Waals surface area (Å²) in [5.41, 5.74) is 26.0. The van der Waals surface area contributed by atoms with E-state index in [1.165, 1.54) is 241 Å². The lowest BCUT2D eigenvalue weighted by molar-refractivity contribution is 0.660. The number of benzene rings is 24. The molecule has 0 nitrogen and oxygen atoms in total. The second-order valence-electron chi connectivity index (χ2n) is 33.4. The Kier molecular flexibility index (Phi) is 17.7. The van der Waals surface area contributed by atoms with Crippen molar-refractivity contribution in [1.82, 2.24) is 0 Å². The van der Waals surface area contributed by atoms with Gasteiger partial charge in [0.15, 0.2) is 0 Å². The first-order valence-corrected chi connectivity index (χ1v) is 42.9. The number of rotatable bonds is 8. The Bertz CT molecular complexity index is 8070. The fourth-order valence-electron chi connectivity index (χ4n) is 20.8. The smallest absolute Gasteiger partial charge is 0.0159 e. The van der Waals surface area contributed by atoms with Crippen LogP contribution in [0, 0.1) is 0 Å². The van der Waals surface area contributed by atoms with Gasteiger partial charge in [0.1, 0.15) is 0 Å². The Hall–Kier alpha value is -15.6. The molecule has 0 fully saturated rings. The van der Waals surface area contributed by atoms with E-state index < -0.39 is 0 Å². The largest absolute Gasteiger partial charge is 0.0619 e. The molecule has 24 aromatic carbocycles. The van der Waals surface area contributed by atoms with Gasteiger partial charge >= 0.3 is 0 Å². The highest BCUT2D eigenvalue weighted by Crippen LogP contribution is 2.53. The first-order chi connectivity index (χ1) is 60.8. The van der Waals surface area contributed by atoms with E-state index in [-0.39, 0.29) is 5.41 Å². The summed E-state index contributed by atoms with van der Waals surface area (Å²) in [5.74, 6) is 0. The fourth-order valence-corrected chi connectivity index (χ4v) is 20.8. The summed E-state index contributed by atoms with van der Waals surface area (Å²) < 4.78 is 0. The van der Waals surface area contributed by atoms with Gasteiger partial charge in [-0.2, -0.15) is 0 Å². The van der Waals surface area contributed by atoms with Gasteiger partial charge in [0.25, 0.3) is 0 Å². The number of fused-ring (bicyclic) bond motifs is 16. The van der Waals surface area contributed by atoms with E-state index in [1.807, 2.05) is 0 Å². The van der Waals surface area contributed by atoms with Crippen LogP contribution >= 0.6 is 0 Å². The minimum atomic E-state index is -0.00840. The van der Waals surface area contributed by atoms with Crippen molar-refractivity contribution in [2.75, 3.05) is 0 Å². The van der Waals surface area contributed by atoms with Crippen molar-refractivity contribution in [3.05, 3.63) is 472 Å². The van der Waals surface area contributed by atoms with Gasteiger partial charge in [-0.05, 0) is 253 Å². The Morgan fingerprint density at radius 3 is 0.789 bits per heavy atom. The first kappa shape index (κ1) is 72.6. The molecule has 0 aliphatic heterocycles. The summed E-state index contributed by atoms with van der Waals surface area (Å²) in [7, 11) is 0. The molecule has 0 heterocycles. The van der Waals surface area contributed by atoms with Gasteiger partial charge in [0.2, 0.25) is 0 Å². The van der Waals surface area contributed by atoms with E-state index in [0.717, 1.165) is 0 Å². The average Bonchev–Trinajstić information content (AvgIpc) is 1.23. The van der Waals surface area contributed by atoms with Gasteiger partial charge in [-0.15, -0.1) is 0 Å². The molecule has 0 aromatic heterocycles. The van der Waals surface area contributed by atoms with Crippen molar-refractivity contribution in [3.63, 3.8) is 0 Å². The van der Waals surface area contributed by atoms with E-state index >= 15 is 0 Å². The van der Waals surface area contributed by atoms with Crippen molar-refractivity contribution in [2.45, 2.75) is 19.3 Å². The zero-order chi connectivity index (χ0) is 81.6. The van der Waals surface area contributed by atoms with Crippen molar-refractivity contribution < 1.29 is 0 Å². The molecule has 0 atom stereocenters. The van der Waals surface area contributed by atoms with Gasteiger partial charge in [0.05, 0.1) is 0 Å². The van der Waals surface area contributed by atoms with E-state index in [2.05, 4.69) is 475 Å². The minimum Gasteiger partial charge on any atom is -0.0619 e. The normalized spacial score (nSPS) is 12.2. The van der Waals surface area contributed by atoms with E-state index in [9.17, 15) is 0 Å². The lowest BCUT2D eigenvalue weighted by atomic mass is 9.81. The van der Waals surface area contributed by atoms with Crippen LogP contribution in [0.5, 0.6) is 0 Å². The van der Waals surface area contributed by atoms with Crippen molar-refractivity contribution >= 4 is 129 Å². The number of hydrogen-bond donors (Lipinski definition) is 0.